The molecule has 22 heavy (non-hydrogen) atoms. The first-order valence-corrected chi connectivity index (χ1v) is 10.1. The summed E-state index contributed by atoms with van der Waals surface area (Å²) in [5.41, 5.74) is 0. The van der Waals surface area contributed by atoms with Crippen LogP contribution < -0.4 is 0 Å². The second-order valence-electron chi connectivity index (χ2n) is 7.20. The third-order valence-electron chi connectivity index (χ3n) is 5.41. The number of hydrogen-bond acceptors (Lipinski definition) is 2. The second-order valence-corrected chi connectivity index (χ2v) is 7.20. The molecule has 0 aromatic rings. The van der Waals surface area contributed by atoms with Gasteiger partial charge in [0.05, 0.1) is 13.2 Å². The van der Waals surface area contributed by atoms with Crippen LogP contribution in [0.4, 0.5) is 0 Å². The zero-order valence-corrected chi connectivity index (χ0v) is 15.6. The lowest BCUT2D eigenvalue weighted by molar-refractivity contribution is 0.00467. The maximum atomic E-state index is 5.53. The average Bonchev–Trinajstić information content (AvgIpc) is 2.56. The van der Waals surface area contributed by atoms with Gasteiger partial charge in [-0.25, -0.2) is 0 Å². The molecule has 1 saturated heterocycles. The minimum atomic E-state index is 0.747. The molecule has 132 valence electrons. The molecule has 1 fully saturated rings. The van der Waals surface area contributed by atoms with Crippen LogP contribution in [0.1, 0.15) is 91.4 Å². The Hall–Kier alpha value is -0.0800. The number of nitrogens with zero attached hydrogens (tertiary/aromatic N) is 1. The summed E-state index contributed by atoms with van der Waals surface area (Å²) in [6, 6.07) is 0.747. The van der Waals surface area contributed by atoms with Gasteiger partial charge in [-0.05, 0) is 25.7 Å². The highest BCUT2D eigenvalue weighted by molar-refractivity contribution is 4.77. The summed E-state index contributed by atoms with van der Waals surface area (Å²) in [6.07, 6.45) is 15.6. The lowest BCUT2D eigenvalue weighted by Crippen LogP contribution is -2.45. The van der Waals surface area contributed by atoms with E-state index in [-0.39, 0.29) is 0 Å². The van der Waals surface area contributed by atoms with Crippen molar-refractivity contribution < 1.29 is 4.74 Å². The molecular weight excluding hydrogens is 270 g/mol. The molecule has 1 aliphatic rings. The van der Waals surface area contributed by atoms with Crippen molar-refractivity contribution in [2.45, 2.75) is 97.4 Å². The third kappa shape index (κ3) is 8.53. The van der Waals surface area contributed by atoms with Gasteiger partial charge in [0.15, 0.2) is 0 Å². The smallest absolute Gasteiger partial charge is 0.0594 e. The molecule has 2 unspecified atom stereocenters. The van der Waals surface area contributed by atoms with Crippen molar-refractivity contribution in [3.8, 4) is 0 Å². The fourth-order valence-electron chi connectivity index (χ4n) is 3.75. The Balaban J connectivity index is 2.34. The van der Waals surface area contributed by atoms with Crippen molar-refractivity contribution in [3.63, 3.8) is 0 Å². The van der Waals surface area contributed by atoms with Crippen LogP contribution in [0.5, 0.6) is 0 Å². The number of morpholine rings is 1. The highest BCUT2D eigenvalue weighted by Crippen LogP contribution is 2.25. The zero-order chi connectivity index (χ0) is 16.0. The molecule has 0 N–H and O–H groups in total. The fourth-order valence-corrected chi connectivity index (χ4v) is 3.75. The van der Waals surface area contributed by atoms with Crippen LogP contribution in [-0.4, -0.2) is 37.2 Å². The summed E-state index contributed by atoms with van der Waals surface area (Å²) < 4.78 is 5.53. The standard InChI is InChI=1S/C20H41NO/c1-4-6-8-10-12-14-20(13-11-9-7-5-2)19(3)21-15-17-22-18-16-21/h19-20H,4-18H2,1-3H3. The van der Waals surface area contributed by atoms with E-state index in [0.29, 0.717) is 0 Å². The lowest BCUT2D eigenvalue weighted by atomic mass is 9.88. The molecule has 2 heteroatoms. The SMILES string of the molecule is CCCCCCCC(CCCCCC)C(C)N1CCOCC1. The van der Waals surface area contributed by atoms with Crippen LogP contribution in [-0.2, 0) is 4.74 Å². The largest absolute Gasteiger partial charge is 0.379 e. The molecule has 1 aliphatic heterocycles. The minimum Gasteiger partial charge on any atom is -0.379 e. The summed E-state index contributed by atoms with van der Waals surface area (Å²) in [5, 5.41) is 0. The highest BCUT2D eigenvalue weighted by Gasteiger charge is 2.24. The van der Waals surface area contributed by atoms with Gasteiger partial charge in [0, 0.05) is 19.1 Å². The van der Waals surface area contributed by atoms with Crippen LogP contribution in [0.2, 0.25) is 0 Å². The molecule has 2 atom stereocenters. The molecule has 0 aromatic carbocycles. The first kappa shape index (κ1) is 20.0. The second kappa shape index (κ2) is 13.4. The molecule has 0 aliphatic carbocycles. The number of ether oxygens (including phenoxy) is 1. The van der Waals surface area contributed by atoms with E-state index in [2.05, 4.69) is 25.7 Å². The molecule has 0 spiro atoms. The van der Waals surface area contributed by atoms with E-state index in [9.17, 15) is 0 Å². The van der Waals surface area contributed by atoms with E-state index in [0.717, 1.165) is 38.3 Å². The normalized spacial score (nSPS) is 19.2. The molecule has 0 saturated carbocycles. The Morgan fingerprint density at radius 1 is 0.773 bits per heavy atom. The van der Waals surface area contributed by atoms with Crippen molar-refractivity contribution in [1.29, 1.82) is 0 Å². The van der Waals surface area contributed by atoms with Gasteiger partial charge in [0.2, 0.25) is 0 Å². The van der Waals surface area contributed by atoms with Gasteiger partial charge in [-0.1, -0.05) is 71.6 Å². The molecule has 0 amide bonds. The maximum Gasteiger partial charge on any atom is 0.0594 e. The molecule has 1 heterocycles. The van der Waals surface area contributed by atoms with Crippen molar-refractivity contribution in [1.82, 2.24) is 4.90 Å². The summed E-state index contributed by atoms with van der Waals surface area (Å²) in [5.74, 6) is 0.900. The topological polar surface area (TPSA) is 12.5 Å². The van der Waals surface area contributed by atoms with Gasteiger partial charge in [-0.2, -0.15) is 0 Å². The first-order valence-electron chi connectivity index (χ1n) is 10.1. The van der Waals surface area contributed by atoms with Crippen LogP contribution in [0, 0.1) is 5.92 Å². The monoisotopic (exact) mass is 311 g/mol. The minimum absolute atomic E-state index is 0.747. The van der Waals surface area contributed by atoms with E-state index in [1.807, 2.05) is 0 Å². The van der Waals surface area contributed by atoms with Gasteiger partial charge in [0.1, 0.15) is 0 Å². The van der Waals surface area contributed by atoms with Crippen LogP contribution in [0.15, 0.2) is 0 Å². The summed E-state index contributed by atoms with van der Waals surface area (Å²) in [7, 11) is 0. The number of rotatable bonds is 13. The van der Waals surface area contributed by atoms with E-state index in [4.69, 9.17) is 4.74 Å². The number of unbranched alkanes of at least 4 members (excludes halogenated alkanes) is 7. The summed E-state index contributed by atoms with van der Waals surface area (Å²) in [6.45, 7) is 11.2. The Morgan fingerprint density at radius 3 is 1.82 bits per heavy atom. The number of hydrogen-bond donors (Lipinski definition) is 0. The van der Waals surface area contributed by atoms with Gasteiger partial charge >= 0.3 is 0 Å². The van der Waals surface area contributed by atoms with Crippen LogP contribution >= 0.6 is 0 Å². The summed E-state index contributed by atoms with van der Waals surface area (Å²) in [4.78, 5) is 2.68. The van der Waals surface area contributed by atoms with E-state index < -0.39 is 0 Å². The lowest BCUT2D eigenvalue weighted by Gasteiger charge is -2.37. The predicted molar refractivity (Wildman–Crippen MR) is 97.5 cm³/mol. The van der Waals surface area contributed by atoms with Crippen molar-refractivity contribution in [2.24, 2.45) is 5.92 Å². The van der Waals surface area contributed by atoms with E-state index in [1.165, 1.54) is 70.6 Å². The average molecular weight is 312 g/mol. The van der Waals surface area contributed by atoms with Crippen molar-refractivity contribution in [2.75, 3.05) is 26.3 Å². The third-order valence-corrected chi connectivity index (χ3v) is 5.41. The van der Waals surface area contributed by atoms with Gasteiger partial charge in [-0.3, -0.25) is 4.90 Å². The van der Waals surface area contributed by atoms with Crippen LogP contribution in [0.3, 0.4) is 0 Å². The Bertz CT molecular complexity index is 238. The van der Waals surface area contributed by atoms with E-state index >= 15 is 0 Å². The quantitative estimate of drug-likeness (QED) is 0.407. The molecule has 0 bridgehead atoms. The molecule has 2 nitrogen and oxygen atoms in total. The molecule has 0 radical (unpaired) electrons. The Labute approximate surface area is 140 Å². The Morgan fingerprint density at radius 2 is 1.27 bits per heavy atom. The van der Waals surface area contributed by atoms with Crippen LogP contribution in [0.25, 0.3) is 0 Å². The first-order chi connectivity index (χ1) is 10.8. The molecular formula is C20H41NO. The van der Waals surface area contributed by atoms with Gasteiger partial charge < -0.3 is 4.74 Å². The van der Waals surface area contributed by atoms with Gasteiger partial charge in [-0.15, -0.1) is 0 Å². The highest BCUT2D eigenvalue weighted by atomic mass is 16.5. The summed E-state index contributed by atoms with van der Waals surface area (Å²) >= 11 is 0. The Kier molecular flexibility index (Phi) is 12.1. The predicted octanol–water partition coefficient (Wildman–Crippen LogP) is 5.65. The molecule has 0 aromatic heterocycles. The van der Waals surface area contributed by atoms with Gasteiger partial charge in [0.25, 0.3) is 0 Å². The van der Waals surface area contributed by atoms with Crippen molar-refractivity contribution >= 4 is 0 Å². The molecule has 1 rings (SSSR count). The van der Waals surface area contributed by atoms with E-state index in [1.54, 1.807) is 0 Å². The maximum absolute atomic E-state index is 5.53. The fraction of sp³-hybridized carbons (Fsp3) is 1.00. The van der Waals surface area contributed by atoms with Crippen molar-refractivity contribution in [3.05, 3.63) is 0 Å². The zero-order valence-electron chi connectivity index (χ0n) is 15.6.